The van der Waals surface area contributed by atoms with Crippen molar-refractivity contribution in [1.82, 2.24) is 4.90 Å². The maximum Gasteiger partial charge on any atom is 0.305 e. The Kier molecular flexibility index (Phi) is 16.7. The first-order valence-corrected chi connectivity index (χ1v) is 16.7. The average Bonchev–Trinajstić information content (AvgIpc) is 3.29. The van der Waals surface area contributed by atoms with Crippen LogP contribution in [0.5, 0.6) is 0 Å². The van der Waals surface area contributed by atoms with Gasteiger partial charge in [0.05, 0.1) is 31.5 Å². The summed E-state index contributed by atoms with van der Waals surface area (Å²) in [4.78, 5) is 29.1. The molecule has 0 unspecified atom stereocenters. The monoisotopic (exact) mass is 618 g/mol. The minimum atomic E-state index is -0.733. The number of rotatable bonds is 21. The van der Waals surface area contributed by atoms with E-state index in [1.807, 2.05) is 18.2 Å². The van der Waals surface area contributed by atoms with Crippen LogP contribution in [0.3, 0.4) is 0 Å². The molecule has 248 valence electrons. The van der Waals surface area contributed by atoms with Crippen molar-refractivity contribution in [3.05, 3.63) is 58.2 Å². The maximum absolute atomic E-state index is 12.1. The molecule has 3 rings (SSSR count). The number of hydrogen-bond donors (Lipinski definition) is 3. The average molecular weight is 619 g/mol. The van der Waals surface area contributed by atoms with Crippen LogP contribution in [-0.2, 0) is 20.8 Å². The molecule has 0 aromatic heterocycles. The smallest absolute Gasteiger partial charge is 0.305 e. The predicted molar refractivity (Wildman–Crippen MR) is 168 cm³/mol. The Balaban J connectivity index is 1.20. The molecule has 2 fully saturated rings. The van der Waals surface area contributed by atoms with E-state index < -0.39 is 23.4 Å². The fourth-order valence-corrected chi connectivity index (χ4v) is 6.70. The van der Waals surface area contributed by atoms with Crippen LogP contribution in [-0.4, -0.2) is 82.4 Å². The Labute approximate surface area is 262 Å². The molecular weight excluding hydrogens is 564 g/mol. The number of carbonyl (C=O) groups excluding carboxylic acids is 1. The molecule has 44 heavy (non-hydrogen) atoms. The van der Waals surface area contributed by atoms with Crippen LogP contribution in [0.1, 0.15) is 89.0 Å². The maximum atomic E-state index is 12.1. The Bertz CT molecular complexity index is 969. The van der Waals surface area contributed by atoms with Gasteiger partial charge in [-0.15, -0.1) is 10.1 Å². The highest BCUT2D eigenvalue weighted by atomic mass is 16.9. The molecule has 1 aliphatic heterocycles. The number of likely N-dealkylation sites (tertiary alicyclic amines) is 1. The van der Waals surface area contributed by atoms with E-state index in [1.165, 1.54) is 5.56 Å². The second-order valence-corrected chi connectivity index (χ2v) is 12.6. The van der Waals surface area contributed by atoms with E-state index in [0.717, 1.165) is 58.2 Å². The Morgan fingerprint density at radius 2 is 1.75 bits per heavy atom. The fourth-order valence-electron chi connectivity index (χ4n) is 6.70. The lowest BCUT2D eigenvalue weighted by Gasteiger charge is -2.31. The number of aliphatic hydroxyl groups is 3. The van der Waals surface area contributed by atoms with E-state index in [-0.39, 0.29) is 24.4 Å². The molecular formula is C34H54N2O8. The lowest BCUT2D eigenvalue weighted by molar-refractivity contribution is -0.757. The molecule has 5 atom stereocenters. The normalized spacial score (nSPS) is 23.6. The molecule has 1 heterocycles. The highest BCUT2D eigenvalue weighted by Gasteiger charge is 2.40. The van der Waals surface area contributed by atoms with Gasteiger partial charge < -0.3 is 29.8 Å². The summed E-state index contributed by atoms with van der Waals surface area (Å²) in [5.41, 5.74) is 1.21. The molecule has 3 N–H and O–H groups in total. The van der Waals surface area contributed by atoms with E-state index in [4.69, 9.17) is 4.74 Å². The molecule has 1 saturated heterocycles. The van der Waals surface area contributed by atoms with Gasteiger partial charge in [-0.1, -0.05) is 42.5 Å². The number of aliphatic hydroxyl groups excluding tert-OH is 3. The third-order valence-electron chi connectivity index (χ3n) is 9.33. The van der Waals surface area contributed by atoms with Crippen molar-refractivity contribution >= 4 is 5.97 Å². The fraction of sp³-hybridized carbons (Fsp3) is 0.735. The van der Waals surface area contributed by atoms with Crippen LogP contribution in [0.4, 0.5) is 0 Å². The van der Waals surface area contributed by atoms with Crippen LogP contribution < -0.4 is 0 Å². The molecule has 10 heteroatoms. The van der Waals surface area contributed by atoms with Gasteiger partial charge in [-0.05, 0) is 120 Å². The molecule has 1 aromatic carbocycles. The first-order valence-electron chi connectivity index (χ1n) is 16.7. The summed E-state index contributed by atoms with van der Waals surface area (Å²) >= 11 is 0. The number of benzene rings is 1. The Hall–Kier alpha value is -2.53. The van der Waals surface area contributed by atoms with Crippen molar-refractivity contribution in [2.75, 3.05) is 32.8 Å². The second kappa shape index (κ2) is 20.5. The quantitative estimate of drug-likeness (QED) is 0.0578. The number of nitrogens with zero attached hydrogens (tertiary/aromatic N) is 2. The lowest BCUT2D eigenvalue weighted by Crippen LogP contribution is -2.35. The van der Waals surface area contributed by atoms with Crippen molar-refractivity contribution in [3.8, 4) is 0 Å². The van der Waals surface area contributed by atoms with Crippen LogP contribution in [0.15, 0.2) is 42.5 Å². The summed E-state index contributed by atoms with van der Waals surface area (Å²) in [7, 11) is 0. The van der Waals surface area contributed by atoms with Crippen LogP contribution in [0, 0.1) is 27.9 Å². The van der Waals surface area contributed by atoms with Gasteiger partial charge in [-0.25, -0.2) is 0 Å². The minimum Gasteiger partial charge on any atom is -0.466 e. The lowest BCUT2D eigenvalue weighted by atomic mass is 9.85. The summed E-state index contributed by atoms with van der Waals surface area (Å²) in [6, 6.07) is 10.1. The third-order valence-corrected chi connectivity index (χ3v) is 9.33. The number of ether oxygens (including phenoxy) is 1. The molecule has 10 nitrogen and oxygen atoms in total. The summed E-state index contributed by atoms with van der Waals surface area (Å²) in [5.74, 6) is 0.382. The van der Waals surface area contributed by atoms with Crippen molar-refractivity contribution in [2.24, 2.45) is 17.8 Å². The molecule has 1 saturated carbocycles. The van der Waals surface area contributed by atoms with Gasteiger partial charge in [0, 0.05) is 13.0 Å². The van der Waals surface area contributed by atoms with E-state index >= 15 is 0 Å². The van der Waals surface area contributed by atoms with Gasteiger partial charge in [0.2, 0.25) is 0 Å². The molecule has 0 spiro atoms. The van der Waals surface area contributed by atoms with Gasteiger partial charge >= 0.3 is 5.97 Å². The standard InChI is InChI=1S/C34H54N2O8/c37-29(16-15-27-10-4-3-5-11-27)17-18-31-30(32(38)26-33(31)39)13-6-1-2-7-14-34(40)43-24-9-21-35-22-19-28(20-23-35)12-8-25-44-36(41)42/h1,3-6,10-11,28-33,37-39H,2,7-9,12-26H2/t29-,30+,31+,32-,33+/m0/s1. The molecule has 2 aliphatic rings. The molecule has 0 amide bonds. The molecule has 1 aromatic rings. The largest absolute Gasteiger partial charge is 0.466 e. The zero-order chi connectivity index (χ0) is 31.6. The van der Waals surface area contributed by atoms with Gasteiger partial charge in [-0.2, -0.15) is 0 Å². The van der Waals surface area contributed by atoms with E-state index in [1.54, 1.807) is 0 Å². The van der Waals surface area contributed by atoms with Crippen LogP contribution in [0.25, 0.3) is 0 Å². The summed E-state index contributed by atoms with van der Waals surface area (Å²) in [5, 5.41) is 41.0. The topological polar surface area (TPSA) is 143 Å². The van der Waals surface area contributed by atoms with Crippen molar-refractivity contribution < 1.29 is 34.8 Å². The zero-order valence-corrected chi connectivity index (χ0v) is 26.2. The molecule has 1 aliphatic carbocycles. The van der Waals surface area contributed by atoms with Crippen LogP contribution in [0.2, 0.25) is 0 Å². The Morgan fingerprint density at radius 1 is 1.00 bits per heavy atom. The number of allylic oxidation sites excluding steroid dienone is 2. The third kappa shape index (κ3) is 14.1. The summed E-state index contributed by atoms with van der Waals surface area (Å²) in [6.07, 6.45) is 13.0. The summed E-state index contributed by atoms with van der Waals surface area (Å²) in [6.45, 7) is 3.53. The summed E-state index contributed by atoms with van der Waals surface area (Å²) < 4.78 is 5.42. The highest BCUT2D eigenvalue weighted by Crippen LogP contribution is 2.38. The van der Waals surface area contributed by atoms with E-state index in [0.29, 0.717) is 63.9 Å². The van der Waals surface area contributed by atoms with Gasteiger partial charge in [0.1, 0.15) is 0 Å². The Morgan fingerprint density at radius 3 is 2.50 bits per heavy atom. The minimum absolute atomic E-state index is 0.0197. The number of esters is 1. The molecule has 0 radical (unpaired) electrons. The predicted octanol–water partition coefficient (Wildman–Crippen LogP) is 4.87. The highest BCUT2D eigenvalue weighted by molar-refractivity contribution is 5.69. The number of carbonyl (C=O) groups is 1. The first-order chi connectivity index (χ1) is 21.3. The van der Waals surface area contributed by atoms with E-state index in [9.17, 15) is 30.2 Å². The zero-order valence-electron chi connectivity index (χ0n) is 26.2. The SMILES string of the molecule is O=C(CCCC=CC[C@@H]1[C@@H](CC[C@@H](O)CCc2ccccc2)[C@H](O)C[C@@H]1O)OCCCN1CCC(CCCO[N+](=O)[O-])CC1. The van der Waals surface area contributed by atoms with Crippen molar-refractivity contribution in [2.45, 2.75) is 108 Å². The first kappa shape index (κ1) is 35.9. The number of hydrogen-bond acceptors (Lipinski definition) is 9. The van der Waals surface area contributed by atoms with Gasteiger partial charge in [0.25, 0.3) is 5.09 Å². The number of unbranched alkanes of at least 4 members (excludes halogenated alkanes) is 1. The number of piperidine rings is 1. The van der Waals surface area contributed by atoms with E-state index in [2.05, 4.69) is 34.0 Å². The number of aryl methyl sites for hydroxylation is 1. The van der Waals surface area contributed by atoms with Crippen LogP contribution >= 0.6 is 0 Å². The van der Waals surface area contributed by atoms with Gasteiger partial charge in [0.15, 0.2) is 0 Å². The second-order valence-electron chi connectivity index (χ2n) is 12.6. The van der Waals surface area contributed by atoms with Crippen molar-refractivity contribution in [3.63, 3.8) is 0 Å². The molecule has 0 bridgehead atoms. The van der Waals surface area contributed by atoms with Crippen molar-refractivity contribution in [1.29, 1.82) is 0 Å². The van der Waals surface area contributed by atoms with Gasteiger partial charge in [-0.3, -0.25) is 4.79 Å².